The summed E-state index contributed by atoms with van der Waals surface area (Å²) in [6.45, 7) is 9.57. The van der Waals surface area contributed by atoms with Crippen molar-refractivity contribution < 1.29 is 9.90 Å². The number of carbonyl (C=O) groups excluding carboxylic acids is 1. The minimum atomic E-state index is -0.336. The van der Waals surface area contributed by atoms with E-state index >= 15 is 0 Å². The highest BCUT2D eigenvalue weighted by Gasteiger charge is 2.16. The van der Waals surface area contributed by atoms with Gasteiger partial charge in [0, 0.05) is 9.86 Å². The zero-order valence-electron chi connectivity index (χ0n) is 16.0. The van der Waals surface area contributed by atoms with Gasteiger partial charge in [-0.1, -0.05) is 50.5 Å². The normalized spacial score (nSPS) is 11.8. The number of carbonyl (C=O) groups is 1. The highest BCUT2D eigenvalue weighted by Crippen LogP contribution is 2.24. The third-order valence-corrected chi connectivity index (χ3v) is 4.36. The third kappa shape index (κ3) is 5.38. The number of aliphatic hydroxyl groups is 1. The van der Waals surface area contributed by atoms with Crippen LogP contribution in [0.2, 0.25) is 0 Å². The monoisotopic (exact) mass is 425 g/mol. The second-order valence-electron chi connectivity index (χ2n) is 6.05. The van der Waals surface area contributed by atoms with E-state index in [0.717, 1.165) is 15.6 Å². The smallest absolute Gasteiger partial charge is 0.275 e. The lowest BCUT2D eigenvalue weighted by Gasteiger charge is -2.16. The molecule has 0 bridgehead atoms. The average molecular weight is 426 g/mol. The fourth-order valence-electron chi connectivity index (χ4n) is 2.50. The predicted molar refractivity (Wildman–Crippen MR) is 108 cm³/mol. The van der Waals surface area contributed by atoms with Gasteiger partial charge >= 0.3 is 0 Å². The Bertz CT molecular complexity index is 798. The summed E-state index contributed by atoms with van der Waals surface area (Å²) in [5, 5.41) is 17.6. The lowest BCUT2D eigenvalue weighted by molar-refractivity contribution is -0.123. The summed E-state index contributed by atoms with van der Waals surface area (Å²) in [4.78, 5) is 24.8. The maximum atomic E-state index is 12.6. The Hall–Kier alpha value is -1.73. The molecular formula is C19H28BrN3O3. The van der Waals surface area contributed by atoms with Crippen molar-refractivity contribution in [2.45, 2.75) is 59.5 Å². The van der Waals surface area contributed by atoms with Gasteiger partial charge in [0.05, 0.1) is 23.7 Å². The quantitative estimate of drug-likeness (QED) is 0.743. The number of hydrogen-bond acceptors (Lipinski definition) is 4. The van der Waals surface area contributed by atoms with Crippen LogP contribution in [0, 0.1) is 0 Å². The van der Waals surface area contributed by atoms with Crippen LogP contribution in [0.4, 0.5) is 0 Å². The second-order valence-corrected chi connectivity index (χ2v) is 6.96. The van der Waals surface area contributed by atoms with Gasteiger partial charge in [-0.25, -0.2) is 4.68 Å². The van der Waals surface area contributed by atoms with E-state index in [1.54, 1.807) is 12.1 Å². The van der Waals surface area contributed by atoms with Crippen molar-refractivity contribution in [2.24, 2.45) is 0 Å². The molecule has 2 rings (SSSR count). The molecule has 1 heterocycles. The van der Waals surface area contributed by atoms with Gasteiger partial charge in [0.1, 0.15) is 6.54 Å². The Morgan fingerprint density at radius 2 is 1.96 bits per heavy atom. The van der Waals surface area contributed by atoms with Gasteiger partial charge in [-0.05, 0) is 30.5 Å². The van der Waals surface area contributed by atoms with E-state index in [9.17, 15) is 14.7 Å². The van der Waals surface area contributed by atoms with Crippen molar-refractivity contribution in [1.82, 2.24) is 15.1 Å². The van der Waals surface area contributed by atoms with Crippen LogP contribution in [0.15, 0.2) is 27.5 Å². The van der Waals surface area contributed by atoms with E-state index in [-0.39, 0.29) is 36.6 Å². The predicted octanol–water partition coefficient (Wildman–Crippen LogP) is 3.20. The summed E-state index contributed by atoms with van der Waals surface area (Å²) in [5.74, 6) is -0.228. The summed E-state index contributed by atoms with van der Waals surface area (Å²) in [5.41, 5.74) is 0.474. The first kappa shape index (κ1) is 22.3. The summed E-state index contributed by atoms with van der Waals surface area (Å²) in [6, 6.07) is 5.11. The van der Waals surface area contributed by atoms with E-state index in [0.29, 0.717) is 11.8 Å². The molecule has 2 aromatic rings. The summed E-state index contributed by atoms with van der Waals surface area (Å²) >= 11 is 3.42. The van der Waals surface area contributed by atoms with Crippen molar-refractivity contribution >= 4 is 32.6 Å². The summed E-state index contributed by atoms with van der Waals surface area (Å²) < 4.78 is 2.08. The van der Waals surface area contributed by atoms with Crippen LogP contribution in [0.3, 0.4) is 0 Å². The summed E-state index contributed by atoms with van der Waals surface area (Å²) in [7, 11) is 0. The van der Waals surface area contributed by atoms with Gasteiger partial charge in [0.15, 0.2) is 0 Å². The zero-order valence-corrected chi connectivity index (χ0v) is 17.6. The van der Waals surface area contributed by atoms with Gasteiger partial charge < -0.3 is 10.4 Å². The molecule has 0 fully saturated rings. The molecule has 2 N–H and O–H groups in total. The molecule has 26 heavy (non-hydrogen) atoms. The van der Waals surface area contributed by atoms with E-state index < -0.39 is 0 Å². The maximum absolute atomic E-state index is 12.6. The fourth-order valence-corrected chi connectivity index (χ4v) is 2.86. The molecule has 0 aliphatic carbocycles. The van der Waals surface area contributed by atoms with E-state index in [2.05, 4.69) is 26.3 Å². The number of rotatable bonds is 6. The SMILES string of the molecule is CC.CCC(CO)NC(=O)Cn1nc(C(C)C)c2cc(Br)ccc2c1=O. The number of fused-ring (bicyclic) bond motifs is 1. The molecule has 6 nitrogen and oxygen atoms in total. The number of benzene rings is 1. The van der Waals surface area contributed by atoms with Crippen molar-refractivity contribution in [3.8, 4) is 0 Å². The van der Waals surface area contributed by atoms with Gasteiger partial charge in [0.2, 0.25) is 5.91 Å². The lowest BCUT2D eigenvalue weighted by atomic mass is 10.0. The Morgan fingerprint density at radius 1 is 1.31 bits per heavy atom. The van der Waals surface area contributed by atoms with Crippen LogP contribution in [-0.4, -0.2) is 33.4 Å². The lowest BCUT2D eigenvalue weighted by Crippen LogP contribution is -2.41. The zero-order chi connectivity index (χ0) is 19.9. The molecule has 1 aromatic heterocycles. The van der Waals surface area contributed by atoms with Gasteiger partial charge in [-0.2, -0.15) is 5.10 Å². The molecule has 1 aromatic carbocycles. The standard InChI is InChI=1S/C17H22BrN3O3.C2H6/c1-4-12(9-22)19-15(23)8-21-17(24)13-6-5-11(18)7-14(13)16(20-21)10(2)3;1-2/h5-7,10,12,22H,4,8-9H2,1-3H3,(H,19,23);1-2H3. The molecule has 7 heteroatoms. The molecule has 1 unspecified atom stereocenters. The maximum Gasteiger partial charge on any atom is 0.275 e. The molecule has 1 atom stereocenters. The molecular weight excluding hydrogens is 398 g/mol. The minimum absolute atomic E-state index is 0.109. The first-order chi connectivity index (χ1) is 12.4. The fraction of sp³-hybridized carbons (Fsp3) is 0.526. The average Bonchev–Trinajstić information content (AvgIpc) is 2.63. The first-order valence-electron chi connectivity index (χ1n) is 8.97. The molecule has 0 spiro atoms. The third-order valence-electron chi connectivity index (χ3n) is 3.87. The summed E-state index contributed by atoms with van der Waals surface area (Å²) in [6.07, 6.45) is 0.619. The molecule has 144 valence electrons. The largest absolute Gasteiger partial charge is 0.394 e. The Morgan fingerprint density at radius 3 is 2.50 bits per heavy atom. The number of aliphatic hydroxyl groups excluding tert-OH is 1. The number of hydrogen-bond donors (Lipinski definition) is 2. The van der Waals surface area contributed by atoms with Crippen LogP contribution in [0.25, 0.3) is 10.8 Å². The Kier molecular flexibility index (Phi) is 8.95. The number of halogens is 1. The van der Waals surface area contributed by atoms with Crippen LogP contribution >= 0.6 is 15.9 Å². The van der Waals surface area contributed by atoms with Gasteiger partial charge in [0.25, 0.3) is 5.56 Å². The molecule has 0 saturated heterocycles. The van der Waals surface area contributed by atoms with Crippen molar-refractivity contribution in [3.63, 3.8) is 0 Å². The van der Waals surface area contributed by atoms with E-state index in [4.69, 9.17) is 0 Å². The van der Waals surface area contributed by atoms with Gasteiger partial charge in [-0.3, -0.25) is 9.59 Å². The van der Waals surface area contributed by atoms with Crippen LogP contribution in [0.5, 0.6) is 0 Å². The molecule has 0 radical (unpaired) electrons. The molecule has 0 aliphatic heterocycles. The Labute approximate surface area is 162 Å². The van der Waals surface area contributed by atoms with Crippen molar-refractivity contribution in [2.75, 3.05) is 6.61 Å². The van der Waals surface area contributed by atoms with Crippen molar-refractivity contribution in [3.05, 3.63) is 38.7 Å². The highest BCUT2D eigenvalue weighted by atomic mass is 79.9. The number of amides is 1. The molecule has 0 saturated carbocycles. The van der Waals surface area contributed by atoms with E-state index in [1.807, 2.05) is 40.7 Å². The Balaban J connectivity index is 0.00000163. The minimum Gasteiger partial charge on any atom is -0.394 e. The van der Waals surface area contributed by atoms with E-state index in [1.165, 1.54) is 4.68 Å². The first-order valence-corrected chi connectivity index (χ1v) is 9.77. The molecule has 1 amide bonds. The van der Waals surface area contributed by atoms with Crippen LogP contribution < -0.4 is 10.9 Å². The highest BCUT2D eigenvalue weighted by molar-refractivity contribution is 9.10. The topological polar surface area (TPSA) is 84.2 Å². The van der Waals surface area contributed by atoms with Crippen LogP contribution in [0.1, 0.15) is 52.7 Å². The van der Waals surface area contributed by atoms with Crippen LogP contribution in [-0.2, 0) is 11.3 Å². The molecule has 0 aliphatic rings. The number of nitrogens with zero attached hydrogens (tertiary/aromatic N) is 2. The number of nitrogens with one attached hydrogen (secondary N) is 1. The number of aromatic nitrogens is 2. The second kappa shape index (κ2) is 10.4. The van der Waals surface area contributed by atoms with Gasteiger partial charge in [-0.15, -0.1) is 0 Å². The van der Waals surface area contributed by atoms with Crippen molar-refractivity contribution in [1.29, 1.82) is 0 Å².